The number of hydrogen-bond acceptors (Lipinski definition) is 4. The fraction of sp³-hybridized carbons (Fsp3) is 0.364. The van der Waals surface area contributed by atoms with Gasteiger partial charge in [0.2, 0.25) is 0 Å². The highest BCUT2D eigenvalue weighted by Crippen LogP contribution is 2.18. The lowest BCUT2D eigenvalue weighted by Gasteiger charge is -2.10. The molecule has 100 valence electrons. The van der Waals surface area contributed by atoms with E-state index in [1.165, 1.54) is 12.1 Å². The maximum atomic E-state index is 11.9. The van der Waals surface area contributed by atoms with Crippen LogP contribution in [0.4, 0.5) is 0 Å². The minimum atomic E-state index is -3.86. The van der Waals surface area contributed by atoms with Crippen LogP contribution in [0.3, 0.4) is 0 Å². The van der Waals surface area contributed by atoms with Gasteiger partial charge in [-0.15, -0.1) is 0 Å². The van der Waals surface area contributed by atoms with Crippen LogP contribution in [0.5, 0.6) is 0 Å². The minimum Gasteiger partial charge on any atom is -0.478 e. The zero-order valence-corrected chi connectivity index (χ0v) is 11.0. The van der Waals surface area contributed by atoms with Crippen LogP contribution in [0.1, 0.15) is 29.8 Å². The van der Waals surface area contributed by atoms with E-state index in [4.69, 9.17) is 5.11 Å². The van der Waals surface area contributed by atoms with E-state index in [1.54, 1.807) is 13.8 Å². The average molecular weight is 273 g/mol. The molecule has 0 bridgehead atoms. The second kappa shape index (κ2) is 5.94. The Bertz CT molecular complexity index is 538. The molecule has 6 nitrogen and oxygen atoms in total. The SMILES string of the molecule is CCONS(=O)(=O)c1cc(C(=O)O)ccc1CC. The first kappa shape index (κ1) is 14.6. The first-order valence-corrected chi connectivity index (χ1v) is 6.90. The van der Waals surface area contributed by atoms with Crippen LogP contribution < -0.4 is 4.89 Å². The lowest BCUT2D eigenvalue weighted by atomic mass is 10.1. The molecule has 0 spiro atoms. The second-order valence-corrected chi connectivity index (χ2v) is 5.11. The van der Waals surface area contributed by atoms with Crippen LogP contribution in [0.2, 0.25) is 0 Å². The zero-order valence-electron chi connectivity index (χ0n) is 10.1. The highest BCUT2D eigenvalue weighted by molar-refractivity contribution is 7.89. The van der Waals surface area contributed by atoms with Crippen LogP contribution in [-0.4, -0.2) is 26.1 Å². The number of carbonyl (C=O) groups is 1. The summed E-state index contributed by atoms with van der Waals surface area (Å²) in [6, 6.07) is 3.99. The van der Waals surface area contributed by atoms with Gasteiger partial charge in [0.25, 0.3) is 10.0 Å². The largest absolute Gasteiger partial charge is 0.478 e. The molecule has 0 saturated heterocycles. The summed E-state index contributed by atoms with van der Waals surface area (Å²) < 4.78 is 23.8. The molecule has 2 N–H and O–H groups in total. The van der Waals surface area contributed by atoms with Gasteiger partial charge in [0.05, 0.1) is 17.1 Å². The summed E-state index contributed by atoms with van der Waals surface area (Å²) >= 11 is 0. The summed E-state index contributed by atoms with van der Waals surface area (Å²) in [6.07, 6.45) is 0.474. The summed E-state index contributed by atoms with van der Waals surface area (Å²) in [6.45, 7) is 3.60. The van der Waals surface area contributed by atoms with Gasteiger partial charge in [0.1, 0.15) is 0 Å². The topological polar surface area (TPSA) is 92.7 Å². The molecule has 1 aromatic rings. The summed E-state index contributed by atoms with van der Waals surface area (Å²) in [7, 11) is -3.86. The monoisotopic (exact) mass is 273 g/mol. The van der Waals surface area contributed by atoms with Crippen LogP contribution in [-0.2, 0) is 21.3 Å². The van der Waals surface area contributed by atoms with E-state index in [2.05, 4.69) is 4.84 Å². The minimum absolute atomic E-state index is 0.0710. The first-order valence-electron chi connectivity index (χ1n) is 5.42. The molecule has 0 aliphatic heterocycles. The van der Waals surface area contributed by atoms with Crippen molar-refractivity contribution in [3.8, 4) is 0 Å². The van der Waals surface area contributed by atoms with Gasteiger partial charge in [-0.1, -0.05) is 17.9 Å². The Morgan fingerprint density at radius 2 is 2.06 bits per heavy atom. The number of rotatable bonds is 6. The molecular formula is C11H15NO5S. The van der Waals surface area contributed by atoms with Gasteiger partial charge in [-0.05, 0) is 31.0 Å². The quantitative estimate of drug-likeness (QED) is 0.759. The molecule has 0 heterocycles. The van der Waals surface area contributed by atoms with Crippen molar-refractivity contribution in [2.45, 2.75) is 25.2 Å². The Morgan fingerprint density at radius 3 is 2.56 bits per heavy atom. The summed E-state index contributed by atoms with van der Waals surface area (Å²) in [5.74, 6) is -1.18. The third kappa shape index (κ3) is 3.28. The maximum absolute atomic E-state index is 11.9. The van der Waals surface area contributed by atoms with Crippen LogP contribution in [0, 0.1) is 0 Å². The Labute approximate surface area is 106 Å². The third-order valence-corrected chi connectivity index (χ3v) is 3.59. The fourth-order valence-electron chi connectivity index (χ4n) is 1.41. The van der Waals surface area contributed by atoms with Gasteiger partial charge in [0.15, 0.2) is 0 Å². The molecule has 1 rings (SSSR count). The molecule has 0 aliphatic carbocycles. The first-order chi connectivity index (χ1) is 8.42. The third-order valence-electron chi connectivity index (χ3n) is 2.30. The van der Waals surface area contributed by atoms with Crippen molar-refractivity contribution in [2.75, 3.05) is 6.61 Å². The van der Waals surface area contributed by atoms with Gasteiger partial charge in [0, 0.05) is 0 Å². The number of sulfonamides is 1. The van der Waals surface area contributed by atoms with Crippen molar-refractivity contribution >= 4 is 16.0 Å². The highest BCUT2D eigenvalue weighted by atomic mass is 32.2. The van der Waals surface area contributed by atoms with Gasteiger partial charge < -0.3 is 5.11 Å². The number of carboxylic acids is 1. The fourth-order valence-corrected chi connectivity index (χ4v) is 2.61. The summed E-state index contributed by atoms with van der Waals surface area (Å²) in [5, 5.41) is 8.87. The lowest BCUT2D eigenvalue weighted by molar-refractivity contribution is 0.0696. The normalized spacial score (nSPS) is 11.4. The Hall–Kier alpha value is -1.44. The number of aryl methyl sites for hydroxylation is 1. The summed E-state index contributed by atoms with van der Waals surface area (Å²) in [5.41, 5.74) is 0.455. The number of aromatic carboxylic acids is 1. The van der Waals surface area contributed by atoms with Crippen molar-refractivity contribution in [2.24, 2.45) is 0 Å². The molecule has 18 heavy (non-hydrogen) atoms. The number of hydrogen-bond donors (Lipinski definition) is 2. The van der Waals surface area contributed by atoms with Crippen LogP contribution in [0.15, 0.2) is 23.1 Å². The molecule has 0 radical (unpaired) electrons. The molecule has 0 saturated carbocycles. The smallest absolute Gasteiger partial charge is 0.335 e. The molecule has 7 heteroatoms. The predicted octanol–water partition coefficient (Wildman–Crippen LogP) is 1.18. The molecule has 1 aromatic carbocycles. The van der Waals surface area contributed by atoms with Gasteiger partial charge in [-0.2, -0.15) is 0 Å². The van der Waals surface area contributed by atoms with Crippen molar-refractivity contribution in [1.29, 1.82) is 0 Å². The van der Waals surface area contributed by atoms with E-state index in [0.717, 1.165) is 6.07 Å². The molecule has 0 fully saturated rings. The van der Waals surface area contributed by atoms with E-state index in [1.807, 2.05) is 4.89 Å². The molecule has 0 unspecified atom stereocenters. The molecule has 0 aromatic heterocycles. The zero-order chi connectivity index (χ0) is 13.8. The highest BCUT2D eigenvalue weighted by Gasteiger charge is 2.20. The van der Waals surface area contributed by atoms with Crippen molar-refractivity contribution in [1.82, 2.24) is 4.89 Å². The molecular weight excluding hydrogens is 258 g/mol. The second-order valence-electron chi connectivity index (χ2n) is 3.50. The Morgan fingerprint density at radius 1 is 1.39 bits per heavy atom. The van der Waals surface area contributed by atoms with E-state index in [0.29, 0.717) is 12.0 Å². The van der Waals surface area contributed by atoms with E-state index in [9.17, 15) is 13.2 Å². The molecule has 0 amide bonds. The maximum Gasteiger partial charge on any atom is 0.335 e. The lowest BCUT2D eigenvalue weighted by Crippen LogP contribution is -2.25. The van der Waals surface area contributed by atoms with Crippen LogP contribution >= 0.6 is 0 Å². The standard InChI is InChI=1S/C11H15NO5S/c1-3-8-5-6-9(11(13)14)7-10(8)18(15,16)12-17-4-2/h5-7,12H,3-4H2,1-2H3,(H,13,14). The number of carboxylic acid groups (broad SMARTS) is 1. The van der Waals surface area contributed by atoms with Crippen molar-refractivity contribution < 1.29 is 23.2 Å². The van der Waals surface area contributed by atoms with E-state index >= 15 is 0 Å². The van der Waals surface area contributed by atoms with Crippen molar-refractivity contribution in [3.63, 3.8) is 0 Å². The van der Waals surface area contributed by atoms with Crippen LogP contribution in [0.25, 0.3) is 0 Å². The Balaban J connectivity index is 3.27. The van der Waals surface area contributed by atoms with E-state index < -0.39 is 16.0 Å². The summed E-state index contributed by atoms with van der Waals surface area (Å²) in [4.78, 5) is 17.4. The molecule has 0 aliphatic rings. The number of nitrogens with one attached hydrogen (secondary N) is 1. The molecule has 0 atom stereocenters. The Kier molecular flexibility index (Phi) is 4.83. The number of benzene rings is 1. The van der Waals surface area contributed by atoms with Gasteiger partial charge in [-0.25, -0.2) is 13.2 Å². The predicted molar refractivity (Wildman–Crippen MR) is 64.7 cm³/mol. The van der Waals surface area contributed by atoms with Gasteiger partial charge >= 0.3 is 5.97 Å². The average Bonchev–Trinajstić information content (AvgIpc) is 2.35. The van der Waals surface area contributed by atoms with Gasteiger partial charge in [-0.3, -0.25) is 4.84 Å². The van der Waals surface area contributed by atoms with E-state index in [-0.39, 0.29) is 17.1 Å². The van der Waals surface area contributed by atoms with Crippen molar-refractivity contribution in [3.05, 3.63) is 29.3 Å².